The third kappa shape index (κ3) is 9.84. The molecule has 196 valence electrons. The zero-order chi connectivity index (χ0) is 26.6. The molecule has 0 aliphatic carbocycles. The maximum atomic E-state index is 12.8. The second-order valence-corrected chi connectivity index (χ2v) is 10.1. The molecular weight excluding hydrogens is 456 g/mol. The van der Waals surface area contributed by atoms with Crippen molar-refractivity contribution >= 4 is 11.8 Å². The molecule has 2 amide bonds. The van der Waals surface area contributed by atoms with Crippen molar-refractivity contribution in [2.24, 2.45) is 11.3 Å². The minimum Gasteiger partial charge on any atom is -0.489 e. The lowest BCUT2D eigenvalue weighted by Crippen LogP contribution is -2.49. The number of allylic oxidation sites excluding steroid dienone is 1. The lowest BCUT2D eigenvalue weighted by atomic mass is 9.86. The molecule has 7 heteroatoms. The van der Waals surface area contributed by atoms with Gasteiger partial charge in [-0.05, 0) is 41.5 Å². The fraction of sp³-hybridized carbons (Fsp3) is 0.448. The van der Waals surface area contributed by atoms with Gasteiger partial charge in [-0.15, -0.1) is 6.58 Å². The topological polar surface area (TPSA) is 108 Å². The Kier molecular flexibility index (Phi) is 11.6. The van der Waals surface area contributed by atoms with Crippen LogP contribution in [0.4, 0.5) is 0 Å². The van der Waals surface area contributed by atoms with Crippen LogP contribution in [0, 0.1) is 11.3 Å². The van der Waals surface area contributed by atoms with Crippen LogP contribution >= 0.6 is 0 Å². The number of ether oxygens (including phenoxy) is 1. The highest BCUT2D eigenvalue weighted by molar-refractivity contribution is 5.86. The van der Waals surface area contributed by atoms with Crippen molar-refractivity contribution in [3.8, 4) is 5.75 Å². The number of hydrogen-bond acceptors (Lipinski definition) is 5. The van der Waals surface area contributed by atoms with Crippen LogP contribution in [-0.2, 0) is 22.6 Å². The molecule has 2 aromatic carbocycles. The monoisotopic (exact) mass is 496 g/mol. The fourth-order valence-electron chi connectivity index (χ4n) is 3.73. The lowest BCUT2D eigenvalue weighted by Gasteiger charge is -2.31. The van der Waals surface area contributed by atoms with Crippen molar-refractivity contribution in [2.75, 3.05) is 13.2 Å². The van der Waals surface area contributed by atoms with E-state index in [4.69, 9.17) is 4.74 Å². The van der Waals surface area contributed by atoms with Crippen molar-refractivity contribution in [3.63, 3.8) is 0 Å². The molecule has 0 bridgehead atoms. The van der Waals surface area contributed by atoms with E-state index in [1.807, 2.05) is 75.4 Å². The SMILES string of the molecule is C=CC[C@H](CC(=O)N[C@H](CO)Cc1ccc(OCc2ccccc2)cc1)C(=O)N[C@H](CO)C(C)(C)C. The maximum Gasteiger partial charge on any atom is 0.224 e. The van der Waals surface area contributed by atoms with Gasteiger partial charge in [0.1, 0.15) is 12.4 Å². The first kappa shape index (κ1) is 29.1. The molecule has 3 atom stereocenters. The van der Waals surface area contributed by atoms with Crippen molar-refractivity contribution in [2.45, 2.75) is 58.7 Å². The van der Waals surface area contributed by atoms with E-state index in [1.165, 1.54) is 0 Å². The van der Waals surface area contributed by atoms with Crippen LogP contribution in [-0.4, -0.2) is 47.3 Å². The van der Waals surface area contributed by atoms with Crippen LogP contribution in [0.1, 0.15) is 44.7 Å². The van der Waals surface area contributed by atoms with Gasteiger partial charge in [0.2, 0.25) is 11.8 Å². The standard InChI is InChI=1S/C29H40N2O5/c1-5-9-23(28(35)31-26(19-33)29(2,3)4)17-27(34)30-24(18-32)16-21-12-14-25(15-13-21)36-20-22-10-7-6-8-11-22/h5-8,10-15,23-24,26,32-33H,1,9,16-20H2,2-4H3,(H,30,34)(H,31,35)/t23-,24+,26-/m1/s1. The lowest BCUT2D eigenvalue weighted by molar-refractivity contribution is -0.131. The number of rotatable bonds is 14. The Balaban J connectivity index is 1.90. The Hall–Kier alpha value is -3.16. The Morgan fingerprint density at radius 3 is 2.19 bits per heavy atom. The van der Waals surface area contributed by atoms with E-state index in [0.717, 1.165) is 16.9 Å². The Morgan fingerprint density at radius 1 is 0.972 bits per heavy atom. The van der Waals surface area contributed by atoms with Gasteiger partial charge in [0.25, 0.3) is 0 Å². The smallest absolute Gasteiger partial charge is 0.224 e. The van der Waals surface area contributed by atoms with Crippen LogP contribution in [0.3, 0.4) is 0 Å². The molecule has 0 spiro atoms. The summed E-state index contributed by atoms with van der Waals surface area (Å²) in [5.74, 6) is -0.498. The summed E-state index contributed by atoms with van der Waals surface area (Å²) >= 11 is 0. The van der Waals surface area contributed by atoms with Gasteiger partial charge >= 0.3 is 0 Å². The predicted molar refractivity (Wildman–Crippen MR) is 141 cm³/mol. The number of hydrogen-bond donors (Lipinski definition) is 4. The molecule has 0 aliphatic rings. The van der Waals surface area contributed by atoms with Crippen molar-refractivity contribution < 1.29 is 24.5 Å². The number of carbonyl (C=O) groups excluding carboxylic acids is 2. The number of benzene rings is 2. The first-order valence-corrected chi connectivity index (χ1v) is 12.3. The minimum absolute atomic E-state index is 0.0388. The molecule has 4 N–H and O–H groups in total. The van der Waals surface area contributed by atoms with E-state index in [-0.39, 0.29) is 36.9 Å². The summed E-state index contributed by atoms with van der Waals surface area (Å²) in [5, 5.41) is 25.2. The average molecular weight is 497 g/mol. The number of carbonyl (C=O) groups is 2. The number of aliphatic hydroxyl groups excluding tert-OH is 2. The van der Waals surface area contributed by atoms with Gasteiger partial charge in [-0.1, -0.05) is 69.3 Å². The van der Waals surface area contributed by atoms with Gasteiger partial charge in [-0.25, -0.2) is 0 Å². The highest BCUT2D eigenvalue weighted by Crippen LogP contribution is 2.20. The van der Waals surface area contributed by atoms with Crippen LogP contribution < -0.4 is 15.4 Å². The van der Waals surface area contributed by atoms with Gasteiger partial charge in [0.15, 0.2) is 0 Å². The molecule has 0 saturated heterocycles. The quantitative estimate of drug-likeness (QED) is 0.300. The van der Waals surface area contributed by atoms with Gasteiger partial charge in [0, 0.05) is 6.42 Å². The normalized spacial score (nSPS) is 13.8. The van der Waals surface area contributed by atoms with Crippen molar-refractivity contribution in [1.29, 1.82) is 0 Å². The summed E-state index contributed by atoms with van der Waals surface area (Å²) in [6.45, 7) is 9.54. The van der Waals surface area contributed by atoms with E-state index >= 15 is 0 Å². The fourth-order valence-corrected chi connectivity index (χ4v) is 3.73. The Labute approximate surface area is 214 Å². The van der Waals surface area contributed by atoms with Crippen LogP contribution in [0.15, 0.2) is 67.3 Å². The van der Waals surface area contributed by atoms with E-state index in [9.17, 15) is 19.8 Å². The zero-order valence-electron chi connectivity index (χ0n) is 21.6. The van der Waals surface area contributed by atoms with Gasteiger partial charge in [-0.3, -0.25) is 9.59 Å². The van der Waals surface area contributed by atoms with Gasteiger partial charge < -0.3 is 25.6 Å². The second kappa shape index (κ2) is 14.4. The Bertz CT molecular complexity index is 954. The first-order chi connectivity index (χ1) is 17.2. The summed E-state index contributed by atoms with van der Waals surface area (Å²) in [7, 11) is 0. The molecule has 2 aromatic rings. The first-order valence-electron chi connectivity index (χ1n) is 12.3. The Morgan fingerprint density at radius 2 is 1.64 bits per heavy atom. The summed E-state index contributed by atoms with van der Waals surface area (Å²) in [5.41, 5.74) is 1.70. The average Bonchev–Trinajstić information content (AvgIpc) is 2.85. The summed E-state index contributed by atoms with van der Waals surface area (Å²) in [6.07, 6.45) is 2.34. The largest absolute Gasteiger partial charge is 0.489 e. The highest BCUT2D eigenvalue weighted by atomic mass is 16.5. The molecule has 2 rings (SSSR count). The molecule has 0 heterocycles. The third-order valence-electron chi connectivity index (χ3n) is 6.04. The van der Waals surface area contributed by atoms with Crippen LogP contribution in [0.2, 0.25) is 0 Å². The molecule has 0 saturated carbocycles. The molecular formula is C29H40N2O5. The molecule has 0 fully saturated rings. The second-order valence-electron chi connectivity index (χ2n) is 10.1. The molecule has 0 aliphatic heterocycles. The zero-order valence-corrected chi connectivity index (χ0v) is 21.6. The molecule has 7 nitrogen and oxygen atoms in total. The molecule has 0 aromatic heterocycles. The summed E-state index contributed by atoms with van der Waals surface area (Å²) in [4.78, 5) is 25.5. The van der Waals surface area contributed by atoms with E-state index < -0.39 is 18.0 Å². The van der Waals surface area contributed by atoms with Crippen molar-refractivity contribution in [3.05, 3.63) is 78.4 Å². The van der Waals surface area contributed by atoms with E-state index in [1.54, 1.807) is 6.08 Å². The predicted octanol–water partition coefficient (Wildman–Crippen LogP) is 3.39. The maximum absolute atomic E-state index is 12.8. The number of nitrogens with one attached hydrogen (secondary N) is 2. The number of amides is 2. The van der Waals surface area contributed by atoms with Crippen LogP contribution in [0.25, 0.3) is 0 Å². The van der Waals surface area contributed by atoms with E-state index in [0.29, 0.717) is 19.4 Å². The van der Waals surface area contributed by atoms with Gasteiger partial charge in [-0.2, -0.15) is 0 Å². The van der Waals surface area contributed by atoms with Crippen LogP contribution in [0.5, 0.6) is 5.75 Å². The van der Waals surface area contributed by atoms with Gasteiger partial charge in [0.05, 0.1) is 31.2 Å². The summed E-state index contributed by atoms with van der Waals surface area (Å²) < 4.78 is 5.81. The van der Waals surface area contributed by atoms with E-state index in [2.05, 4.69) is 17.2 Å². The molecule has 0 unspecified atom stereocenters. The molecule has 0 radical (unpaired) electrons. The highest BCUT2D eigenvalue weighted by Gasteiger charge is 2.29. The number of aliphatic hydroxyl groups is 2. The molecule has 36 heavy (non-hydrogen) atoms. The third-order valence-corrected chi connectivity index (χ3v) is 6.04. The summed E-state index contributed by atoms with van der Waals surface area (Å²) in [6, 6.07) is 16.5. The minimum atomic E-state index is -0.612. The van der Waals surface area contributed by atoms with Crippen molar-refractivity contribution in [1.82, 2.24) is 10.6 Å².